The average molecular weight is 421 g/mol. The zero-order chi connectivity index (χ0) is 18.9. The molecule has 7 heteroatoms. The lowest BCUT2D eigenvalue weighted by Crippen LogP contribution is -2.25. The van der Waals surface area contributed by atoms with Crippen molar-refractivity contribution >= 4 is 45.6 Å². The lowest BCUT2D eigenvalue weighted by Gasteiger charge is -2.10. The second-order valence-electron chi connectivity index (χ2n) is 5.85. The maximum absolute atomic E-state index is 12.9. The molecule has 0 saturated carbocycles. The predicted octanol–water partition coefficient (Wildman–Crippen LogP) is 5.07. The van der Waals surface area contributed by atoms with Gasteiger partial charge in [-0.2, -0.15) is 0 Å². The first-order valence-electron chi connectivity index (χ1n) is 8.77. The number of nitrogens with one attached hydrogen (secondary N) is 1. The van der Waals surface area contributed by atoms with Crippen LogP contribution in [-0.2, 0) is 5.75 Å². The quantitative estimate of drug-likeness (QED) is 0.478. The van der Waals surface area contributed by atoms with E-state index < -0.39 is 0 Å². The summed E-state index contributed by atoms with van der Waals surface area (Å²) >= 11 is 5.15. The molecule has 0 aromatic heterocycles. The summed E-state index contributed by atoms with van der Waals surface area (Å²) in [5.41, 5.74) is 1.77. The minimum atomic E-state index is -0.220. The van der Waals surface area contributed by atoms with Crippen LogP contribution in [0.1, 0.15) is 22.3 Å². The monoisotopic (exact) mass is 420 g/mol. The van der Waals surface area contributed by atoms with Crippen LogP contribution in [0, 0.1) is 5.82 Å². The van der Waals surface area contributed by atoms with Crippen molar-refractivity contribution in [3.8, 4) is 0 Å². The number of thioether (sulfide) groups is 3. The molecule has 0 bridgehead atoms. The number of carbonyl (C=O) groups excluding carboxylic acids is 1. The molecule has 1 heterocycles. The summed E-state index contributed by atoms with van der Waals surface area (Å²) in [6.07, 6.45) is 0.859. The van der Waals surface area contributed by atoms with Gasteiger partial charge in [-0.15, -0.1) is 11.8 Å². The normalized spacial score (nSPS) is 13.4. The summed E-state index contributed by atoms with van der Waals surface area (Å²) in [6.45, 7) is 1.52. The third kappa shape index (κ3) is 6.59. The highest BCUT2D eigenvalue weighted by Crippen LogP contribution is 2.26. The molecule has 0 atom stereocenters. The molecule has 142 valence electrons. The number of amides is 1. The first-order valence-corrected chi connectivity index (χ1v) is 11.7. The molecule has 0 fully saturated rings. The smallest absolute Gasteiger partial charge is 0.251 e. The van der Waals surface area contributed by atoms with Crippen LogP contribution in [0.4, 0.5) is 4.39 Å². The molecule has 1 aliphatic rings. The van der Waals surface area contributed by atoms with Gasteiger partial charge in [0.2, 0.25) is 0 Å². The molecule has 2 aromatic carbocycles. The summed E-state index contributed by atoms with van der Waals surface area (Å²) < 4.78 is 14.0. The molecular weight excluding hydrogens is 399 g/mol. The van der Waals surface area contributed by atoms with E-state index in [4.69, 9.17) is 0 Å². The fraction of sp³-hybridized carbons (Fsp3) is 0.300. The van der Waals surface area contributed by atoms with Crippen molar-refractivity contribution < 1.29 is 9.18 Å². The molecule has 0 radical (unpaired) electrons. The fourth-order valence-electron chi connectivity index (χ4n) is 2.50. The molecule has 1 aliphatic heterocycles. The number of aliphatic imine (C=N–C) groups is 1. The van der Waals surface area contributed by atoms with Gasteiger partial charge in [0, 0.05) is 28.5 Å². The van der Waals surface area contributed by atoms with Crippen molar-refractivity contribution in [2.45, 2.75) is 17.1 Å². The van der Waals surface area contributed by atoms with E-state index in [1.54, 1.807) is 47.4 Å². The van der Waals surface area contributed by atoms with Crippen molar-refractivity contribution in [2.75, 3.05) is 24.6 Å². The second-order valence-corrected chi connectivity index (χ2v) is 9.33. The van der Waals surface area contributed by atoms with Crippen molar-refractivity contribution in [2.24, 2.45) is 4.99 Å². The molecule has 1 amide bonds. The Hall–Kier alpha value is -1.44. The Kier molecular flexibility index (Phi) is 8.10. The van der Waals surface area contributed by atoms with Crippen molar-refractivity contribution in [1.29, 1.82) is 0 Å². The van der Waals surface area contributed by atoms with E-state index in [1.807, 2.05) is 24.3 Å². The summed E-state index contributed by atoms with van der Waals surface area (Å²) in [7, 11) is 0. The fourth-order valence-corrected chi connectivity index (χ4v) is 5.37. The highest BCUT2D eigenvalue weighted by molar-refractivity contribution is 8.38. The minimum Gasteiger partial charge on any atom is -0.352 e. The summed E-state index contributed by atoms with van der Waals surface area (Å²) in [5.74, 6) is 2.44. The van der Waals surface area contributed by atoms with Gasteiger partial charge in [-0.05, 0) is 48.1 Å². The zero-order valence-corrected chi connectivity index (χ0v) is 17.3. The Morgan fingerprint density at radius 1 is 1.15 bits per heavy atom. The SMILES string of the molecule is O=C(NCCCSc1ccc(F)cc1)c1ccccc1CSC1=NCCS1. The van der Waals surface area contributed by atoms with Gasteiger partial charge in [-0.25, -0.2) is 4.39 Å². The number of halogens is 1. The van der Waals surface area contributed by atoms with Gasteiger partial charge in [0.1, 0.15) is 10.2 Å². The van der Waals surface area contributed by atoms with Gasteiger partial charge in [0.25, 0.3) is 5.91 Å². The molecule has 2 aromatic rings. The van der Waals surface area contributed by atoms with E-state index in [1.165, 1.54) is 12.1 Å². The lowest BCUT2D eigenvalue weighted by atomic mass is 10.1. The van der Waals surface area contributed by atoms with Gasteiger partial charge in [0.15, 0.2) is 0 Å². The second kappa shape index (κ2) is 10.8. The standard InChI is InChI=1S/C20H21FN2OS3/c21-16-6-8-17(9-7-16)25-12-3-10-22-19(24)18-5-2-1-4-15(18)14-27-20-23-11-13-26-20/h1-2,4-9H,3,10-14H2,(H,22,24). The number of carbonyl (C=O) groups is 1. The van der Waals surface area contributed by atoms with E-state index >= 15 is 0 Å². The third-order valence-corrected chi connectivity index (χ3v) is 7.26. The largest absolute Gasteiger partial charge is 0.352 e. The van der Waals surface area contributed by atoms with E-state index in [-0.39, 0.29) is 11.7 Å². The van der Waals surface area contributed by atoms with Crippen molar-refractivity contribution in [3.63, 3.8) is 0 Å². The number of rotatable bonds is 8. The topological polar surface area (TPSA) is 41.5 Å². The highest BCUT2D eigenvalue weighted by atomic mass is 32.2. The Balaban J connectivity index is 1.42. The summed E-state index contributed by atoms with van der Waals surface area (Å²) in [6, 6.07) is 14.2. The molecule has 0 spiro atoms. The van der Waals surface area contributed by atoms with Crippen LogP contribution in [0.5, 0.6) is 0 Å². The predicted molar refractivity (Wildman–Crippen MR) is 117 cm³/mol. The van der Waals surface area contributed by atoms with Crippen LogP contribution < -0.4 is 5.32 Å². The van der Waals surface area contributed by atoms with Crippen molar-refractivity contribution in [1.82, 2.24) is 5.32 Å². The molecule has 27 heavy (non-hydrogen) atoms. The first kappa shape index (κ1) is 20.3. The van der Waals surface area contributed by atoms with Crippen LogP contribution in [-0.4, -0.2) is 34.9 Å². The molecule has 3 rings (SSSR count). The van der Waals surface area contributed by atoms with E-state index in [2.05, 4.69) is 10.3 Å². The maximum atomic E-state index is 12.9. The molecule has 1 N–H and O–H groups in total. The zero-order valence-electron chi connectivity index (χ0n) is 14.8. The maximum Gasteiger partial charge on any atom is 0.251 e. The molecular formula is C20H21FN2OS3. The Labute approximate surface area is 172 Å². The lowest BCUT2D eigenvalue weighted by molar-refractivity contribution is 0.0953. The van der Waals surface area contributed by atoms with Gasteiger partial charge in [-0.1, -0.05) is 41.7 Å². The molecule has 0 aliphatic carbocycles. The summed E-state index contributed by atoms with van der Waals surface area (Å²) in [4.78, 5) is 18.0. The van der Waals surface area contributed by atoms with Crippen LogP contribution in [0.15, 0.2) is 58.4 Å². The van der Waals surface area contributed by atoms with Gasteiger partial charge in [-0.3, -0.25) is 9.79 Å². The van der Waals surface area contributed by atoms with Crippen molar-refractivity contribution in [3.05, 3.63) is 65.5 Å². The highest BCUT2D eigenvalue weighted by Gasteiger charge is 2.13. The molecule has 0 unspecified atom stereocenters. The Bertz CT molecular complexity index is 796. The van der Waals surface area contributed by atoms with Gasteiger partial charge < -0.3 is 5.32 Å². The molecule has 3 nitrogen and oxygen atoms in total. The number of hydrogen-bond acceptors (Lipinski definition) is 5. The first-order chi connectivity index (χ1) is 13.2. The summed E-state index contributed by atoms with van der Waals surface area (Å²) in [5, 5.41) is 3.01. The number of nitrogens with zero attached hydrogens (tertiary/aromatic N) is 1. The molecule has 0 saturated heterocycles. The minimum absolute atomic E-state index is 0.0287. The van der Waals surface area contributed by atoms with Crippen LogP contribution in [0.2, 0.25) is 0 Å². The van der Waals surface area contributed by atoms with Gasteiger partial charge in [0.05, 0.1) is 6.54 Å². The Morgan fingerprint density at radius 2 is 1.96 bits per heavy atom. The number of benzene rings is 2. The van der Waals surface area contributed by atoms with E-state index in [9.17, 15) is 9.18 Å². The van der Waals surface area contributed by atoms with Crippen LogP contribution in [0.3, 0.4) is 0 Å². The third-order valence-electron chi connectivity index (χ3n) is 3.86. The average Bonchev–Trinajstić information content (AvgIpc) is 3.21. The van der Waals surface area contributed by atoms with E-state index in [0.29, 0.717) is 6.54 Å². The Morgan fingerprint density at radius 3 is 2.74 bits per heavy atom. The van der Waals surface area contributed by atoms with Crippen LogP contribution in [0.25, 0.3) is 0 Å². The van der Waals surface area contributed by atoms with Crippen LogP contribution >= 0.6 is 35.3 Å². The van der Waals surface area contributed by atoms with E-state index in [0.717, 1.165) is 50.6 Å². The number of hydrogen-bond donors (Lipinski definition) is 1. The van der Waals surface area contributed by atoms with Gasteiger partial charge >= 0.3 is 0 Å².